The molecule has 0 unspecified atom stereocenters. The molecule has 0 aliphatic carbocycles. The zero-order chi connectivity index (χ0) is 17.5. The number of hydrogen-bond acceptors (Lipinski definition) is 4. The van der Waals surface area contributed by atoms with E-state index in [0.717, 1.165) is 12.8 Å². The summed E-state index contributed by atoms with van der Waals surface area (Å²) in [4.78, 5) is 26.7. The SMILES string of the molecule is CCCN(CCC)C(=O)c1cccc(C(=O)Nc2cc(C)on2)c1. The molecule has 0 saturated carbocycles. The number of rotatable bonds is 7. The second kappa shape index (κ2) is 8.29. The number of carbonyl (C=O) groups excluding carboxylic acids is 2. The number of amides is 2. The lowest BCUT2D eigenvalue weighted by Crippen LogP contribution is -2.32. The van der Waals surface area contributed by atoms with Crippen molar-refractivity contribution in [1.82, 2.24) is 10.1 Å². The lowest BCUT2D eigenvalue weighted by atomic mass is 10.1. The maximum atomic E-state index is 12.6. The number of anilines is 1. The van der Waals surface area contributed by atoms with E-state index in [1.165, 1.54) is 0 Å². The maximum Gasteiger partial charge on any atom is 0.256 e. The van der Waals surface area contributed by atoms with Gasteiger partial charge in [-0.3, -0.25) is 9.59 Å². The molecule has 2 aromatic rings. The van der Waals surface area contributed by atoms with Crippen molar-refractivity contribution in [3.05, 3.63) is 47.2 Å². The summed E-state index contributed by atoms with van der Waals surface area (Å²) in [5.41, 5.74) is 0.926. The highest BCUT2D eigenvalue weighted by atomic mass is 16.5. The standard InChI is InChI=1S/C18H23N3O3/c1-4-9-21(10-5-2)18(23)15-8-6-7-14(12-15)17(22)19-16-11-13(3)24-20-16/h6-8,11-12H,4-5,9-10H2,1-3H3,(H,19,20,22). The molecule has 0 saturated heterocycles. The van der Waals surface area contributed by atoms with Gasteiger partial charge in [-0.05, 0) is 38.0 Å². The molecular formula is C18H23N3O3. The number of hydrogen-bond donors (Lipinski definition) is 1. The molecule has 24 heavy (non-hydrogen) atoms. The minimum Gasteiger partial charge on any atom is -0.360 e. The van der Waals surface area contributed by atoms with Crippen LogP contribution in [0, 0.1) is 6.92 Å². The van der Waals surface area contributed by atoms with Crippen LogP contribution in [0.1, 0.15) is 53.2 Å². The Labute approximate surface area is 141 Å². The summed E-state index contributed by atoms with van der Waals surface area (Å²) in [6.45, 7) is 7.25. The fourth-order valence-electron chi connectivity index (χ4n) is 2.44. The van der Waals surface area contributed by atoms with Gasteiger partial charge in [0.15, 0.2) is 5.82 Å². The summed E-state index contributed by atoms with van der Waals surface area (Å²) >= 11 is 0. The van der Waals surface area contributed by atoms with Crippen molar-refractivity contribution in [3.8, 4) is 0 Å². The summed E-state index contributed by atoms with van der Waals surface area (Å²) in [6.07, 6.45) is 1.80. The molecule has 6 heteroatoms. The number of nitrogens with zero attached hydrogens (tertiary/aromatic N) is 2. The lowest BCUT2D eigenvalue weighted by Gasteiger charge is -2.21. The van der Waals surface area contributed by atoms with Gasteiger partial charge in [-0.25, -0.2) is 0 Å². The Morgan fingerprint density at radius 1 is 1.12 bits per heavy atom. The van der Waals surface area contributed by atoms with Crippen LogP contribution in [0.4, 0.5) is 5.82 Å². The van der Waals surface area contributed by atoms with E-state index in [4.69, 9.17) is 4.52 Å². The average Bonchev–Trinajstić information content (AvgIpc) is 2.99. The van der Waals surface area contributed by atoms with Gasteiger partial charge in [0, 0.05) is 30.3 Å². The molecule has 1 aromatic heterocycles. The van der Waals surface area contributed by atoms with Crippen molar-refractivity contribution in [2.45, 2.75) is 33.6 Å². The average molecular weight is 329 g/mol. The number of benzene rings is 1. The minimum atomic E-state index is -0.324. The molecule has 0 radical (unpaired) electrons. The highest BCUT2D eigenvalue weighted by molar-refractivity contribution is 6.05. The zero-order valence-corrected chi connectivity index (χ0v) is 14.3. The Morgan fingerprint density at radius 3 is 2.38 bits per heavy atom. The highest BCUT2D eigenvalue weighted by Gasteiger charge is 2.16. The van der Waals surface area contributed by atoms with Crippen LogP contribution in [-0.4, -0.2) is 35.0 Å². The molecular weight excluding hydrogens is 306 g/mol. The van der Waals surface area contributed by atoms with Crippen molar-refractivity contribution in [3.63, 3.8) is 0 Å². The second-order valence-electron chi connectivity index (χ2n) is 5.65. The Hall–Kier alpha value is -2.63. The topological polar surface area (TPSA) is 75.4 Å². The number of aryl methyl sites for hydroxylation is 1. The van der Waals surface area contributed by atoms with Crippen molar-refractivity contribution in [2.24, 2.45) is 0 Å². The molecule has 0 spiro atoms. The van der Waals surface area contributed by atoms with Gasteiger partial charge in [-0.2, -0.15) is 0 Å². The largest absolute Gasteiger partial charge is 0.360 e. The summed E-state index contributed by atoms with van der Waals surface area (Å²) in [5, 5.41) is 6.39. The molecule has 1 N–H and O–H groups in total. The van der Waals surface area contributed by atoms with Crippen LogP contribution in [0.3, 0.4) is 0 Å². The lowest BCUT2D eigenvalue weighted by molar-refractivity contribution is 0.0755. The van der Waals surface area contributed by atoms with Gasteiger partial charge in [0.05, 0.1) is 0 Å². The molecule has 0 fully saturated rings. The van der Waals surface area contributed by atoms with Crippen molar-refractivity contribution >= 4 is 17.6 Å². The minimum absolute atomic E-state index is 0.0503. The van der Waals surface area contributed by atoms with Gasteiger partial charge in [-0.1, -0.05) is 25.1 Å². The van der Waals surface area contributed by atoms with Crippen LogP contribution in [-0.2, 0) is 0 Å². The maximum absolute atomic E-state index is 12.6. The van der Waals surface area contributed by atoms with Crippen molar-refractivity contribution in [1.29, 1.82) is 0 Å². The van der Waals surface area contributed by atoms with E-state index in [1.807, 2.05) is 18.7 Å². The van der Waals surface area contributed by atoms with E-state index >= 15 is 0 Å². The summed E-state index contributed by atoms with van der Waals surface area (Å²) in [7, 11) is 0. The van der Waals surface area contributed by atoms with Crippen molar-refractivity contribution < 1.29 is 14.1 Å². The van der Waals surface area contributed by atoms with E-state index in [9.17, 15) is 9.59 Å². The fraction of sp³-hybridized carbons (Fsp3) is 0.389. The van der Waals surface area contributed by atoms with Crippen LogP contribution in [0.2, 0.25) is 0 Å². The Kier molecular flexibility index (Phi) is 6.12. The number of nitrogens with one attached hydrogen (secondary N) is 1. The first-order valence-corrected chi connectivity index (χ1v) is 8.19. The zero-order valence-electron chi connectivity index (χ0n) is 14.3. The summed E-state index contributed by atoms with van der Waals surface area (Å²) in [6, 6.07) is 8.37. The molecule has 1 heterocycles. The molecule has 1 aromatic carbocycles. The van der Waals surface area contributed by atoms with Gasteiger partial charge in [0.2, 0.25) is 0 Å². The number of aromatic nitrogens is 1. The van der Waals surface area contributed by atoms with E-state index in [1.54, 1.807) is 37.3 Å². The van der Waals surface area contributed by atoms with Gasteiger partial charge < -0.3 is 14.7 Å². The fourth-order valence-corrected chi connectivity index (χ4v) is 2.44. The van der Waals surface area contributed by atoms with E-state index < -0.39 is 0 Å². The predicted molar refractivity (Wildman–Crippen MR) is 92.1 cm³/mol. The Bertz CT molecular complexity index is 703. The molecule has 2 amide bonds. The van der Waals surface area contributed by atoms with Crippen LogP contribution in [0.15, 0.2) is 34.9 Å². The first kappa shape index (κ1) is 17.7. The van der Waals surface area contributed by atoms with Crippen LogP contribution in [0.25, 0.3) is 0 Å². The van der Waals surface area contributed by atoms with Crippen LogP contribution < -0.4 is 5.32 Å². The first-order chi connectivity index (χ1) is 11.5. The third-order valence-corrected chi connectivity index (χ3v) is 3.52. The van der Waals surface area contributed by atoms with Crippen molar-refractivity contribution in [2.75, 3.05) is 18.4 Å². The molecule has 0 aliphatic heterocycles. The third kappa shape index (κ3) is 4.44. The third-order valence-electron chi connectivity index (χ3n) is 3.52. The normalized spacial score (nSPS) is 10.5. The molecule has 6 nitrogen and oxygen atoms in total. The Balaban J connectivity index is 2.15. The van der Waals surface area contributed by atoms with E-state index in [-0.39, 0.29) is 11.8 Å². The van der Waals surface area contributed by atoms with Crippen LogP contribution in [0.5, 0.6) is 0 Å². The first-order valence-electron chi connectivity index (χ1n) is 8.19. The summed E-state index contributed by atoms with van der Waals surface area (Å²) in [5.74, 6) is 0.595. The van der Waals surface area contributed by atoms with Gasteiger partial charge in [-0.15, -0.1) is 0 Å². The van der Waals surface area contributed by atoms with Crippen LogP contribution >= 0.6 is 0 Å². The number of carbonyl (C=O) groups is 2. The molecule has 0 atom stereocenters. The van der Waals surface area contributed by atoms with Gasteiger partial charge >= 0.3 is 0 Å². The second-order valence-corrected chi connectivity index (χ2v) is 5.65. The molecule has 128 valence electrons. The quantitative estimate of drug-likeness (QED) is 0.843. The molecule has 0 aliphatic rings. The Morgan fingerprint density at radius 2 is 1.79 bits per heavy atom. The van der Waals surface area contributed by atoms with Gasteiger partial charge in [0.1, 0.15) is 5.76 Å². The molecule has 0 bridgehead atoms. The van der Waals surface area contributed by atoms with E-state index in [2.05, 4.69) is 10.5 Å². The molecule has 2 rings (SSSR count). The monoisotopic (exact) mass is 329 g/mol. The van der Waals surface area contributed by atoms with E-state index in [0.29, 0.717) is 35.8 Å². The summed E-state index contributed by atoms with van der Waals surface area (Å²) < 4.78 is 4.92. The smallest absolute Gasteiger partial charge is 0.256 e. The predicted octanol–water partition coefficient (Wildman–Crippen LogP) is 3.50. The van der Waals surface area contributed by atoms with Gasteiger partial charge in [0.25, 0.3) is 11.8 Å². The highest BCUT2D eigenvalue weighted by Crippen LogP contribution is 2.13.